The summed E-state index contributed by atoms with van der Waals surface area (Å²) in [6.07, 6.45) is 0. The molecule has 0 bridgehead atoms. The third-order valence-corrected chi connectivity index (χ3v) is 4.53. The molecule has 3 aromatic carbocycles. The van der Waals surface area contributed by atoms with Crippen molar-refractivity contribution in [1.29, 1.82) is 0 Å². The van der Waals surface area contributed by atoms with Crippen LogP contribution in [0.1, 0.15) is 0 Å². The van der Waals surface area contributed by atoms with Gasteiger partial charge in [-0.1, -0.05) is 36.4 Å². The fraction of sp³-hybridized carbons (Fsp3) is 0. The molecule has 6 heteroatoms. The molecule has 1 heterocycles. The smallest absolute Gasteiger partial charge is 0.150 e. The zero-order chi connectivity index (χ0) is 17.2. The normalized spacial score (nSPS) is 11.0. The molecular weight excluding hydrogens is 340 g/mol. The Bertz CT molecular complexity index is 1010. The summed E-state index contributed by atoms with van der Waals surface area (Å²) in [5.74, 6) is -0.464. The number of anilines is 1. The summed E-state index contributed by atoms with van der Waals surface area (Å²) in [5.41, 5.74) is 2.54. The molecule has 0 unspecified atom stereocenters. The van der Waals surface area contributed by atoms with Crippen molar-refractivity contribution in [1.82, 2.24) is 9.97 Å². The first-order valence-electron chi connectivity index (χ1n) is 7.63. The maximum atomic E-state index is 13.7. The van der Waals surface area contributed by atoms with E-state index in [1.807, 2.05) is 48.5 Å². The SMILES string of the molecule is Fc1cccc(F)c1NSc1ccc2nc(-c3ccccc3)[nH]c2c1. The lowest BCUT2D eigenvalue weighted by Gasteiger charge is -2.07. The molecule has 0 aliphatic rings. The van der Waals surface area contributed by atoms with Crippen molar-refractivity contribution in [3.63, 3.8) is 0 Å². The Balaban J connectivity index is 1.59. The van der Waals surface area contributed by atoms with Crippen LogP contribution < -0.4 is 4.72 Å². The standard InChI is InChI=1S/C19H13F2N3S/c20-14-7-4-8-15(21)18(14)24-25-13-9-10-16-17(11-13)23-19(22-16)12-5-2-1-3-6-12/h1-11,24H,(H,22,23). The number of halogens is 2. The van der Waals surface area contributed by atoms with Crippen LogP contribution >= 0.6 is 11.9 Å². The molecule has 0 aliphatic carbocycles. The van der Waals surface area contributed by atoms with E-state index in [0.29, 0.717) is 0 Å². The highest BCUT2D eigenvalue weighted by atomic mass is 32.2. The minimum atomic E-state index is -0.624. The van der Waals surface area contributed by atoms with Crippen molar-refractivity contribution in [2.24, 2.45) is 0 Å². The van der Waals surface area contributed by atoms with Crippen molar-refractivity contribution >= 4 is 28.7 Å². The van der Waals surface area contributed by atoms with E-state index in [9.17, 15) is 8.78 Å². The van der Waals surface area contributed by atoms with Crippen molar-refractivity contribution in [2.45, 2.75) is 4.90 Å². The summed E-state index contributed by atoms with van der Waals surface area (Å²) in [6.45, 7) is 0. The number of hydrogen-bond donors (Lipinski definition) is 2. The van der Waals surface area contributed by atoms with Crippen molar-refractivity contribution in [3.05, 3.63) is 78.4 Å². The van der Waals surface area contributed by atoms with Crippen molar-refractivity contribution in [3.8, 4) is 11.4 Å². The maximum Gasteiger partial charge on any atom is 0.150 e. The lowest BCUT2D eigenvalue weighted by atomic mass is 10.2. The largest absolute Gasteiger partial charge is 0.338 e. The van der Waals surface area contributed by atoms with E-state index < -0.39 is 11.6 Å². The summed E-state index contributed by atoms with van der Waals surface area (Å²) in [7, 11) is 0. The molecule has 0 saturated heterocycles. The second-order valence-corrected chi connectivity index (χ2v) is 6.31. The predicted molar refractivity (Wildman–Crippen MR) is 97.4 cm³/mol. The van der Waals surface area contributed by atoms with Gasteiger partial charge >= 0.3 is 0 Å². The number of hydrogen-bond acceptors (Lipinski definition) is 3. The Kier molecular flexibility index (Phi) is 4.11. The second kappa shape index (κ2) is 6.57. The molecule has 4 aromatic rings. The summed E-state index contributed by atoms with van der Waals surface area (Å²) in [4.78, 5) is 8.66. The van der Waals surface area contributed by atoms with Gasteiger partial charge in [-0.25, -0.2) is 13.8 Å². The first-order valence-corrected chi connectivity index (χ1v) is 8.44. The fourth-order valence-corrected chi connectivity index (χ4v) is 3.22. The molecule has 124 valence electrons. The quantitative estimate of drug-likeness (QED) is 0.467. The Morgan fingerprint density at radius 2 is 1.64 bits per heavy atom. The number of aromatic nitrogens is 2. The second-order valence-electron chi connectivity index (χ2n) is 5.43. The predicted octanol–water partition coefficient (Wildman–Crippen LogP) is 5.63. The Morgan fingerprint density at radius 3 is 2.40 bits per heavy atom. The van der Waals surface area contributed by atoms with Crippen LogP contribution in [0.25, 0.3) is 22.4 Å². The molecule has 4 rings (SSSR count). The lowest BCUT2D eigenvalue weighted by molar-refractivity contribution is 0.592. The topological polar surface area (TPSA) is 40.7 Å². The third-order valence-electron chi connectivity index (χ3n) is 3.73. The number of imidazole rings is 1. The molecular formula is C19H13F2N3S. The van der Waals surface area contributed by atoms with Crippen molar-refractivity contribution in [2.75, 3.05) is 4.72 Å². The number of fused-ring (bicyclic) bond motifs is 1. The number of nitrogens with one attached hydrogen (secondary N) is 2. The average Bonchev–Trinajstić information content (AvgIpc) is 3.05. The van der Waals surface area contributed by atoms with Crippen LogP contribution in [-0.4, -0.2) is 9.97 Å². The number of para-hydroxylation sites is 1. The Labute approximate surface area is 147 Å². The molecule has 0 radical (unpaired) electrons. The molecule has 3 nitrogen and oxygen atoms in total. The first-order chi connectivity index (χ1) is 12.2. The van der Waals surface area contributed by atoms with Crippen LogP contribution in [0.5, 0.6) is 0 Å². The highest BCUT2D eigenvalue weighted by molar-refractivity contribution is 8.00. The molecule has 0 spiro atoms. The summed E-state index contributed by atoms with van der Waals surface area (Å²) in [6, 6.07) is 19.2. The number of nitrogens with zero attached hydrogens (tertiary/aromatic N) is 1. The summed E-state index contributed by atoms with van der Waals surface area (Å²) >= 11 is 1.14. The van der Waals surface area contributed by atoms with Crippen LogP contribution in [-0.2, 0) is 0 Å². The van der Waals surface area contributed by atoms with Gasteiger partial charge < -0.3 is 9.71 Å². The molecule has 0 fully saturated rings. The van der Waals surface area contributed by atoms with E-state index >= 15 is 0 Å². The summed E-state index contributed by atoms with van der Waals surface area (Å²) < 4.78 is 30.1. The van der Waals surface area contributed by atoms with Gasteiger partial charge in [-0.3, -0.25) is 0 Å². The molecule has 0 aliphatic heterocycles. The fourth-order valence-electron chi connectivity index (χ4n) is 2.49. The van der Waals surface area contributed by atoms with E-state index in [-0.39, 0.29) is 5.69 Å². The minimum absolute atomic E-state index is 0.151. The zero-order valence-electron chi connectivity index (χ0n) is 13.0. The van der Waals surface area contributed by atoms with Gasteiger partial charge in [0.15, 0.2) is 0 Å². The van der Waals surface area contributed by atoms with E-state index in [4.69, 9.17) is 0 Å². The number of benzene rings is 3. The highest BCUT2D eigenvalue weighted by Gasteiger charge is 2.09. The minimum Gasteiger partial charge on any atom is -0.338 e. The molecule has 0 atom stereocenters. The van der Waals surface area contributed by atoms with Gasteiger partial charge in [0.05, 0.1) is 11.0 Å². The van der Waals surface area contributed by atoms with Crippen LogP contribution in [0.3, 0.4) is 0 Å². The average molecular weight is 353 g/mol. The van der Waals surface area contributed by atoms with Gasteiger partial charge in [-0.05, 0) is 42.3 Å². The van der Waals surface area contributed by atoms with Gasteiger partial charge in [0, 0.05) is 10.5 Å². The molecule has 0 saturated carbocycles. The monoisotopic (exact) mass is 353 g/mol. The zero-order valence-corrected chi connectivity index (χ0v) is 13.8. The Hall–Kier alpha value is -2.86. The summed E-state index contributed by atoms with van der Waals surface area (Å²) in [5, 5.41) is 0. The van der Waals surface area contributed by atoms with Gasteiger partial charge in [0.2, 0.25) is 0 Å². The van der Waals surface area contributed by atoms with Crippen LogP contribution in [0.2, 0.25) is 0 Å². The maximum absolute atomic E-state index is 13.7. The van der Waals surface area contributed by atoms with E-state index in [0.717, 1.165) is 39.3 Å². The lowest BCUT2D eigenvalue weighted by Crippen LogP contribution is -1.94. The molecule has 25 heavy (non-hydrogen) atoms. The first kappa shape index (κ1) is 15.7. The van der Waals surface area contributed by atoms with Gasteiger partial charge in [0.1, 0.15) is 23.1 Å². The molecule has 1 aromatic heterocycles. The van der Waals surface area contributed by atoms with E-state index in [1.165, 1.54) is 18.2 Å². The van der Waals surface area contributed by atoms with Gasteiger partial charge in [-0.15, -0.1) is 0 Å². The molecule has 2 N–H and O–H groups in total. The van der Waals surface area contributed by atoms with Gasteiger partial charge in [0.25, 0.3) is 0 Å². The van der Waals surface area contributed by atoms with Crippen molar-refractivity contribution < 1.29 is 8.78 Å². The number of H-pyrrole nitrogens is 1. The van der Waals surface area contributed by atoms with E-state index in [2.05, 4.69) is 14.7 Å². The van der Waals surface area contributed by atoms with Gasteiger partial charge in [-0.2, -0.15) is 0 Å². The number of aromatic amines is 1. The van der Waals surface area contributed by atoms with Crippen LogP contribution in [0.4, 0.5) is 14.5 Å². The van der Waals surface area contributed by atoms with Crippen LogP contribution in [0, 0.1) is 11.6 Å². The number of rotatable bonds is 4. The highest BCUT2D eigenvalue weighted by Crippen LogP contribution is 2.28. The van der Waals surface area contributed by atoms with E-state index in [1.54, 1.807) is 0 Å². The van der Waals surface area contributed by atoms with Crippen LogP contribution in [0.15, 0.2) is 71.6 Å². The molecule has 0 amide bonds. The Morgan fingerprint density at radius 1 is 0.880 bits per heavy atom. The third kappa shape index (κ3) is 3.21.